The molecule has 0 aliphatic heterocycles. The Morgan fingerprint density at radius 1 is 1.28 bits per heavy atom. The number of halogens is 2. The standard InChI is InChI=1S/C12H11Cl2N3O/c13-8-4-3-7(5-9(8)14)11-16-12(18-17-11)10(15)6-1-2-6/h3-6,10H,1-2,15H2. The van der Waals surface area contributed by atoms with Crippen molar-refractivity contribution in [2.75, 3.05) is 0 Å². The van der Waals surface area contributed by atoms with E-state index in [1.54, 1.807) is 18.2 Å². The van der Waals surface area contributed by atoms with Crippen LogP contribution in [0.4, 0.5) is 0 Å². The van der Waals surface area contributed by atoms with Gasteiger partial charge in [-0.2, -0.15) is 4.98 Å². The highest BCUT2D eigenvalue weighted by Crippen LogP contribution is 2.39. The van der Waals surface area contributed by atoms with Crippen LogP contribution >= 0.6 is 23.2 Å². The first-order valence-corrected chi connectivity index (χ1v) is 6.45. The second-order valence-corrected chi connectivity index (χ2v) is 5.26. The maximum Gasteiger partial charge on any atom is 0.244 e. The molecule has 1 heterocycles. The fourth-order valence-electron chi connectivity index (χ4n) is 1.78. The van der Waals surface area contributed by atoms with Gasteiger partial charge >= 0.3 is 0 Å². The average Bonchev–Trinajstić information content (AvgIpc) is 3.09. The van der Waals surface area contributed by atoms with Gasteiger partial charge in [0.2, 0.25) is 11.7 Å². The summed E-state index contributed by atoms with van der Waals surface area (Å²) in [5, 5.41) is 4.88. The van der Waals surface area contributed by atoms with Gasteiger partial charge in [0.25, 0.3) is 0 Å². The Morgan fingerprint density at radius 3 is 2.72 bits per heavy atom. The smallest absolute Gasteiger partial charge is 0.244 e. The van der Waals surface area contributed by atoms with Crippen LogP contribution in [0, 0.1) is 5.92 Å². The van der Waals surface area contributed by atoms with Crippen molar-refractivity contribution in [2.45, 2.75) is 18.9 Å². The molecule has 0 saturated heterocycles. The zero-order valence-corrected chi connectivity index (χ0v) is 10.9. The highest BCUT2D eigenvalue weighted by Gasteiger charge is 2.33. The molecule has 1 saturated carbocycles. The molecular weight excluding hydrogens is 273 g/mol. The average molecular weight is 284 g/mol. The van der Waals surface area contributed by atoms with Crippen molar-refractivity contribution in [2.24, 2.45) is 11.7 Å². The summed E-state index contributed by atoms with van der Waals surface area (Å²) in [5.74, 6) is 1.45. The molecule has 1 unspecified atom stereocenters. The normalized spacial score (nSPS) is 16.8. The van der Waals surface area contributed by atoms with Gasteiger partial charge in [-0.25, -0.2) is 0 Å². The van der Waals surface area contributed by atoms with Crippen molar-refractivity contribution in [1.82, 2.24) is 10.1 Å². The highest BCUT2D eigenvalue weighted by atomic mass is 35.5. The molecule has 0 bridgehead atoms. The zero-order valence-electron chi connectivity index (χ0n) is 9.44. The van der Waals surface area contributed by atoms with E-state index in [1.807, 2.05) is 0 Å². The van der Waals surface area contributed by atoms with E-state index in [9.17, 15) is 0 Å². The number of nitrogens with zero attached hydrogens (tertiary/aromatic N) is 2. The molecule has 2 N–H and O–H groups in total. The Hall–Kier alpha value is -1.10. The van der Waals surface area contributed by atoms with Crippen LogP contribution in [0.3, 0.4) is 0 Å². The minimum atomic E-state index is -0.158. The quantitative estimate of drug-likeness (QED) is 0.937. The maximum atomic E-state index is 6.00. The van der Waals surface area contributed by atoms with E-state index in [1.165, 1.54) is 0 Å². The van der Waals surface area contributed by atoms with Gasteiger partial charge in [-0.1, -0.05) is 28.4 Å². The number of hydrogen-bond donors (Lipinski definition) is 1. The van der Waals surface area contributed by atoms with Crippen molar-refractivity contribution in [3.63, 3.8) is 0 Å². The summed E-state index contributed by atoms with van der Waals surface area (Å²) in [7, 11) is 0. The molecule has 1 fully saturated rings. The third-order valence-corrected chi connectivity index (χ3v) is 3.77. The number of benzene rings is 1. The molecule has 1 aliphatic carbocycles. The molecule has 0 amide bonds. The number of hydrogen-bond acceptors (Lipinski definition) is 4. The third kappa shape index (κ3) is 2.23. The summed E-state index contributed by atoms with van der Waals surface area (Å²) in [5.41, 5.74) is 6.77. The molecule has 6 heteroatoms. The van der Waals surface area contributed by atoms with E-state index >= 15 is 0 Å². The number of nitrogens with two attached hydrogens (primary N) is 1. The van der Waals surface area contributed by atoms with Crippen LogP contribution in [-0.4, -0.2) is 10.1 Å². The first kappa shape index (κ1) is 12.0. The molecule has 2 aromatic rings. The minimum absolute atomic E-state index is 0.158. The summed E-state index contributed by atoms with van der Waals surface area (Å²) >= 11 is 11.8. The van der Waals surface area contributed by atoms with Crippen LogP contribution in [0.2, 0.25) is 10.0 Å². The van der Waals surface area contributed by atoms with Crippen molar-refractivity contribution in [1.29, 1.82) is 0 Å². The van der Waals surface area contributed by atoms with Crippen LogP contribution in [0.5, 0.6) is 0 Å². The van der Waals surface area contributed by atoms with Gasteiger partial charge in [0.1, 0.15) is 0 Å². The molecule has 1 aromatic heterocycles. The van der Waals surface area contributed by atoms with Gasteiger partial charge in [-0.05, 0) is 37.0 Å². The molecule has 4 nitrogen and oxygen atoms in total. The molecular formula is C12H11Cl2N3O. The summed E-state index contributed by atoms with van der Waals surface area (Å²) in [6, 6.07) is 5.05. The molecule has 1 aromatic carbocycles. The molecule has 18 heavy (non-hydrogen) atoms. The van der Waals surface area contributed by atoms with E-state index < -0.39 is 0 Å². The van der Waals surface area contributed by atoms with E-state index in [2.05, 4.69) is 10.1 Å². The summed E-state index contributed by atoms with van der Waals surface area (Å²) in [6.07, 6.45) is 2.26. The third-order valence-electron chi connectivity index (χ3n) is 3.03. The first-order valence-electron chi connectivity index (χ1n) is 5.70. The largest absolute Gasteiger partial charge is 0.337 e. The maximum absolute atomic E-state index is 6.00. The number of rotatable bonds is 3. The van der Waals surface area contributed by atoms with Crippen molar-refractivity contribution in [3.05, 3.63) is 34.1 Å². The molecule has 0 spiro atoms. The zero-order chi connectivity index (χ0) is 12.7. The van der Waals surface area contributed by atoms with Crippen LogP contribution in [0.1, 0.15) is 24.8 Å². The van der Waals surface area contributed by atoms with Gasteiger partial charge in [0, 0.05) is 5.56 Å². The van der Waals surface area contributed by atoms with Gasteiger partial charge in [0.15, 0.2) is 0 Å². The van der Waals surface area contributed by atoms with Gasteiger partial charge in [-0.3, -0.25) is 0 Å². The summed E-state index contributed by atoms with van der Waals surface area (Å²) in [4.78, 5) is 4.31. The van der Waals surface area contributed by atoms with Gasteiger partial charge in [0.05, 0.1) is 16.1 Å². The van der Waals surface area contributed by atoms with Crippen LogP contribution < -0.4 is 5.73 Å². The minimum Gasteiger partial charge on any atom is -0.337 e. The van der Waals surface area contributed by atoms with E-state index in [0.717, 1.165) is 18.4 Å². The Labute approximate surface area is 114 Å². The number of aromatic nitrogens is 2. The van der Waals surface area contributed by atoms with E-state index in [-0.39, 0.29) is 6.04 Å². The Bertz CT molecular complexity index is 580. The SMILES string of the molecule is NC(c1nc(-c2ccc(Cl)c(Cl)c2)no1)C1CC1. The summed E-state index contributed by atoms with van der Waals surface area (Å²) < 4.78 is 5.19. The lowest BCUT2D eigenvalue weighted by Gasteiger charge is -2.01. The topological polar surface area (TPSA) is 64.9 Å². The van der Waals surface area contributed by atoms with Crippen LogP contribution in [0.15, 0.2) is 22.7 Å². The fraction of sp³-hybridized carbons (Fsp3) is 0.333. The molecule has 1 atom stereocenters. The van der Waals surface area contributed by atoms with Crippen LogP contribution in [-0.2, 0) is 0 Å². The van der Waals surface area contributed by atoms with E-state index in [4.69, 9.17) is 33.5 Å². The summed E-state index contributed by atoms with van der Waals surface area (Å²) in [6.45, 7) is 0. The second-order valence-electron chi connectivity index (χ2n) is 4.45. The first-order chi connectivity index (χ1) is 8.65. The highest BCUT2D eigenvalue weighted by molar-refractivity contribution is 6.42. The molecule has 0 radical (unpaired) electrons. The lowest BCUT2D eigenvalue weighted by Crippen LogP contribution is -2.12. The van der Waals surface area contributed by atoms with Gasteiger partial charge < -0.3 is 10.3 Å². The predicted molar refractivity (Wildman–Crippen MR) is 69.4 cm³/mol. The van der Waals surface area contributed by atoms with Crippen molar-refractivity contribution >= 4 is 23.2 Å². The molecule has 3 rings (SSSR count). The van der Waals surface area contributed by atoms with Crippen LogP contribution in [0.25, 0.3) is 11.4 Å². The second kappa shape index (κ2) is 4.53. The van der Waals surface area contributed by atoms with Crippen molar-refractivity contribution in [3.8, 4) is 11.4 Å². The van der Waals surface area contributed by atoms with Crippen molar-refractivity contribution < 1.29 is 4.52 Å². The fourth-order valence-corrected chi connectivity index (χ4v) is 2.08. The lowest BCUT2D eigenvalue weighted by molar-refractivity contribution is 0.343. The predicted octanol–water partition coefficient (Wildman–Crippen LogP) is 3.45. The van der Waals surface area contributed by atoms with Gasteiger partial charge in [-0.15, -0.1) is 0 Å². The van der Waals surface area contributed by atoms with E-state index in [0.29, 0.717) is 27.7 Å². The molecule has 1 aliphatic rings. The Morgan fingerprint density at radius 2 is 2.06 bits per heavy atom. The molecule has 94 valence electrons. The monoisotopic (exact) mass is 283 g/mol. The Balaban J connectivity index is 1.89. The lowest BCUT2D eigenvalue weighted by atomic mass is 10.2. The Kier molecular flexibility index (Phi) is 3.01.